The minimum absolute atomic E-state index is 0.105. The number of aromatic nitrogens is 2. The number of aromatic amines is 1. The molecule has 3 heteroatoms. The Balaban J connectivity index is 3.05. The van der Waals surface area contributed by atoms with Crippen LogP contribution >= 0.6 is 0 Å². The molecule has 1 aromatic heterocycles. The van der Waals surface area contributed by atoms with Gasteiger partial charge in [0.25, 0.3) is 0 Å². The number of imidazole rings is 1. The van der Waals surface area contributed by atoms with Crippen LogP contribution in [0.15, 0.2) is 0 Å². The fraction of sp³-hybridized carbons (Fsp3) is 0.600. The molecule has 0 radical (unpaired) electrons. The second-order valence-electron chi connectivity index (χ2n) is 3.11. The summed E-state index contributed by atoms with van der Waals surface area (Å²) in [7, 11) is 0. The van der Waals surface area contributed by atoms with Gasteiger partial charge in [0, 0.05) is 12.1 Å². The van der Waals surface area contributed by atoms with Crippen LogP contribution < -0.4 is 0 Å². The Morgan fingerprint density at radius 2 is 2.15 bits per heavy atom. The first kappa shape index (κ1) is 9.79. The second-order valence-corrected chi connectivity index (χ2v) is 3.11. The van der Waals surface area contributed by atoms with Crippen molar-refractivity contribution < 1.29 is 0 Å². The van der Waals surface area contributed by atoms with E-state index in [1.165, 1.54) is 0 Å². The molecule has 3 nitrogen and oxygen atoms in total. The summed E-state index contributed by atoms with van der Waals surface area (Å²) < 4.78 is 0. The molecule has 1 aromatic rings. The van der Waals surface area contributed by atoms with E-state index in [2.05, 4.69) is 29.9 Å². The molecule has 0 amide bonds. The molecule has 70 valence electrons. The molecule has 1 rings (SSSR count). The van der Waals surface area contributed by atoms with E-state index in [0.29, 0.717) is 0 Å². The summed E-state index contributed by atoms with van der Waals surface area (Å²) in [6.45, 7) is 6.01. The monoisotopic (exact) mass is 177 g/mol. The highest BCUT2D eigenvalue weighted by Gasteiger charge is 2.13. The van der Waals surface area contributed by atoms with Crippen molar-refractivity contribution in [3.8, 4) is 6.07 Å². The standard InChI is InChI=1S/C10H15N3/c1-4-8-10(7(3)6-11)13-9(5-2)12-8/h7H,4-5H2,1-3H3,(H,12,13). The fourth-order valence-electron chi connectivity index (χ4n) is 1.34. The molecular weight excluding hydrogens is 162 g/mol. The number of rotatable bonds is 3. The Bertz CT molecular complexity index is 319. The molecule has 1 atom stereocenters. The summed E-state index contributed by atoms with van der Waals surface area (Å²) in [6, 6.07) is 2.21. The average Bonchev–Trinajstić information content (AvgIpc) is 2.59. The summed E-state index contributed by atoms with van der Waals surface area (Å²) >= 11 is 0. The summed E-state index contributed by atoms with van der Waals surface area (Å²) in [6.07, 6.45) is 1.81. The molecule has 0 aliphatic rings. The number of hydrogen-bond acceptors (Lipinski definition) is 2. The number of aryl methyl sites for hydroxylation is 2. The van der Waals surface area contributed by atoms with Gasteiger partial charge in [-0.05, 0) is 13.3 Å². The summed E-state index contributed by atoms with van der Waals surface area (Å²) in [5, 5.41) is 8.79. The SMILES string of the molecule is CCc1nc(C(C)C#N)c(CC)[nH]1. The lowest BCUT2D eigenvalue weighted by Gasteiger charge is -1.99. The summed E-state index contributed by atoms with van der Waals surface area (Å²) in [5.74, 6) is 0.875. The molecule has 0 saturated heterocycles. The Kier molecular flexibility index (Phi) is 3.07. The number of H-pyrrole nitrogens is 1. The van der Waals surface area contributed by atoms with E-state index in [-0.39, 0.29) is 5.92 Å². The van der Waals surface area contributed by atoms with Crippen molar-refractivity contribution in [3.63, 3.8) is 0 Å². The van der Waals surface area contributed by atoms with Gasteiger partial charge in [0.1, 0.15) is 5.82 Å². The number of nitrogens with zero attached hydrogens (tertiary/aromatic N) is 2. The minimum Gasteiger partial charge on any atom is -0.346 e. The van der Waals surface area contributed by atoms with Crippen molar-refractivity contribution in [2.75, 3.05) is 0 Å². The number of hydrogen-bond donors (Lipinski definition) is 1. The number of nitriles is 1. The Morgan fingerprint density at radius 3 is 2.62 bits per heavy atom. The van der Waals surface area contributed by atoms with E-state index in [1.54, 1.807) is 0 Å². The van der Waals surface area contributed by atoms with Crippen LogP contribution in [0.3, 0.4) is 0 Å². The van der Waals surface area contributed by atoms with Crippen molar-refractivity contribution in [3.05, 3.63) is 17.2 Å². The van der Waals surface area contributed by atoms with E-state index in [4.69, 9.17) is 5.26 Å². The minimum atomic E-state index is -0.105. The van der Waals surface area contributed by atoms with Crippen LogP contribution in [-0.4, -0.2) is 9.97 Å². The lowest BCUT2D eigenvalue weighted by atomic mass is 10.1. The van der Waals surface area contributed by atoms with Gasteiger partial charge in [-0.2, -0.15) is 5.26 Å². The lowest BCUT2D eigenvalue weighted by Crippen LogP contribution is -1.95. The topological polar surface area (TPSA) is 52.5 Å². The van der Waals surface area contributed by atoms with Gasteiger partial charge in [0.2, 0.25) is 0 Å². The highest BCUT2D eigenvalue weighted by Crippen LogP contribution is 2.17. The first-order valence-electron chi connectivity index (χ1n) is 4.70. The molecule has 0 aliphatic carbocycles. The zero-order valence-electron chi connectivity index (χ0n) is 8.39. The van der Waals surface area contributed by atoms with Gasteiger partial charge in [0.05, 0.1) is 17.7 Å². The Hall–Kier alpha value is -1.30. The van der Waals surface area contributed by atoms with Gasteiger partial charge in [0.15, 0.2) is 0 Å². The molecule has 0 spiro atoms. The molecule has 0 aliphatic heterocycles. The normalized spacial score (nSPS) is 12.5. The molecule has 0 aromatic carbocycles. The zero-order chi connectivity index (χ0) is 9.84. The maximum Gasteiger partial charge on any atom is 0.106 e. The van der Waals surface area contributed by atoms with Crippen molar-refractivity contribution in [2.24, 2.45) is 0 Å². The van der Waals surface area contributed by atoms with Gasteiger partial charge in [-0.15, -0.1) is 0 Å². The third kappa shape index (κ3) is 1.89. The lowest BCUT2D eigenvalue weighted by molar-refractivity contribution is 0.890. The predicted octanol–water partition coefficient (Wildman–Crippen LogP) is 2.16. The van der Waals surface area contributed by atoms with E-state index < -0.39 is 0 Å². The molecule has 1 N–H and O–H groups in total. The maximum atomic E-state index is 8.79. The fourth-order valence-corrected chi connectivity index (χ4v) is 1.34. The largest absolute Gasteiger partial charge is 0.346 e. The van der Waals surface area contributed by atoms with Crippen LogP contribution in [0.5, 0.6) is 0 Å². The predicted molar refractivity (Wildman–Crippen MR) is 51.4 cm³/mol. The van der Waals surface area contributed by atoms with Crippen LogP contribution in [0.4, 0.5) is 0 Å². The molecule has 0 bridgehead atoms. The van der Waals surface area contributed by atoms with Crippen LogP contribution in [0.1, 0.15) is 43.9 Å². The van der Waals surface area contributed by atoms with Crippen molar-refractivity contribution >= 4 is 0 Å². The van der Waals surface area contributed by atoms with Gasteiger partial charge in [-0.1, -0.05) is 13.8 Å². The molecule has 0 fully saturated rings. The van der Waals surface area contributed by atoms with Crippen molar-refractivity contribution in [1.82, 2.24) is 9.97 Å². The summed E-state index contributed by atoms with van der Waals surface area (Å²) in [4.78, 5) is 7.63. The van der Waals surface area contributed by atoms with Crippen molar-refractivity contribution in [1.29, 1.82) is 5.26 Å². The molecule has 1 unspecified atom stereocenters. The van der Waals surface area contributed by atoms with Crippen LogP contribution in [0.2, 0.25) is 0 Å². The van der Waals surface area contributed by atoms with Crippen LogP contribution in [0, 0.1) is 11.3 Å². The van der Waals surface area contributed by atoms with Gasteiger partial charge < -0.3 is 4.98 Å². The molecule has 0 saturated carbocycles. The number of nitrogens with one attached hydrogen (secondary N) is 1. The highest BCUT2D eigenvalue weighted by molar-refractivity contribution is 5.23. The quantitative estimate of drug-likeness (QED) is 0.769. The van der Waals surface area contributed by atoms with E-state index >= 15 is 0 Å². The molecule has 1 heterocycles. The molecular formula is C10H15N3. The van der Waals surface area contributed by atoms with E-state index in [0.717, 1.165) is 30.1 Å². The first-order chi connectivity index (χ1) is 6.22. The second kappa shape index (κ2) is 4.08. The highest BCUT2D eigenvalue weighted by atomic mass is 14.9. The van der Waals surface area contributed by atoms with Crippen LogP contribution in [0.25, 0.3) is 0 Å². The van der Waals surface area contributed by atoms with Crippen molar-refractivity contribution in [2.45, 2.75) is 39.5 Å². The van der Waals surface area contributed by atoms with Gasteiger partial charge in [-0.3, -0.25) is 0 Å². The smallest absolute Gasteiger partial charge is 0.106 e. The third-order valence-corrected chi connectivity index (χ3v) is 2.15. The van der Waals surface area contributed by atoms with Gasteiger partial charge in [-0.25, -0.2) is 4.98 Å². The summed E-state index contributed by atoms with van der Waals surface area (Å²) in [5.41, 5.74) is 2.02. The Morgan fingerprint density at radius 1 is 1.46 bits per heavy atom. The van der Waals surface area contributed by atoms with Gasteiger partial charge >= 0.3 is 0 Å². The van der Waals surface area contributed by atoms with Crippen LogP contribution in [-0.2, 0) is 12.8 Å². The zero-order valence-corrected chi connectivity index (χ0v) is 8.39. The Labute approximate surface area is 78.8 Å². The average molecular weight is 177 g/mol. The maximum absolute atomic E-state index is 8.79. The first-order valence-corrected chi connectivity index (χ1v) is 4.70. The van der Waals surface area contributed by atoms with E-state index in [1.807, 2.05) is 6.92 Å². The third-order valence-electron chi connectivity index (χ3n) is 2.15. The van der Waals surface area contributed by atoms with E-state index in [9.17, 15) is 0 Å². The molecule has 13 heavy (non-hydrogen) atoms.